The molecule has 1 N–H and O–H groups in total. The van der Waals surface area contributed by atoms with Gasteiger partial charge in [-0.25, -0.2) is 26.1 Å². The topological polar surface area (TPSA) is 215 Å². The lowest BCUT2D eigenvalue weighted by atomic mass is 9.54. The van der Waals surface area contributed by atoms with Crippen LogP contribution in [0, 0.1) is 35.5 Å². The molecule has 3 aromatic rings. The lowest BCUT2D eigenvalue weighted by Gasteiger charge is -2.56. The Kier molecular flexibility index (Phi) is 23.2. The normalized spacial score (nSPS) is 24.1. The molecule has 0 atom stereocenters. The van der Waals surface area contributed by atoms with Crippen LogP contribution in [0.3, 0.4) is 0 Å². The van der Waals surface area contributed by atoms with Crippen LogP contribution in [-0.4, -0.2) is 164 Å². The van der Waals surface area contributed by atoms with E-state index in [0.29, 0.717) is 124 Å². The molecular weight excluding hydrogens is 1200 g/mol. The Bertz CT molecular complexity index is 3310. The van der Waals surface area contributed by atoms with Gasteiger partial charge in [0.25, 0.3) is 0 Å². The van der Waals surface area contributed by atoms with E-state index in [9.17, 15) is 21.4 Å². The summed E-state index contributed by atoms with van der Waals surface area (Å²) in [4.78, 5) is 1.07. The number of hydrogen-bond acceptors (Lipinski definition) is 17. The van der Waals surface area contributed by atoms with Crippen molar-refractivity contribution in [2.24, 2.45) is 35.5 Å². The molecule has 0 amide bonds. The van der Waals surface area contributed by atoms with Crippen LogP contribution in [0.4, 0.5) is 5.69 Å². The van der Waals surface area contributed by atoms with E-state index in [2.05, 4.69) is 41.9 Å². The molecule has 10 aliphatic rings. The Balaban J connectivity index is 0.685. The van der Waals surface area contributed by atoms with E-state index in [1.54, 1.807) is 18.2 Å². The fourth-order valence-electron chi connectivity index (χ4n) is 16.5. The Morgan fingerprint density at radius 2 is 0.978 bits per heavy atom. The van der Waals surface area contributed by atoms with Crippen LogP contribution in [-0.2, 0) is 64.6 Å². The maximum Gasteiger partial charge on any atom is 0.240 e. The van der Waals surface area contributed by atoms with Gasteiger partial charge < -0.3 is 61.2 Å². The van der Waals surface area contributed by atoms with Crippen molar-refractivity contribution in [1.82, 2.24) is 9.30 Å². The van der Waals surface area contributed by atoms with Crippen molar-refractivity contribution in [2.45, 2.75) is 132 Å². The van der Waals surface area contributed by atoms with Crippen LogP contribution in [0.1, 0.15) is 110 Å². The molecule has 1 heterocycles. The summed E-state index contributed by atoms with van der Waals surface area (Å²) >= 11 is 0. The number of sulfonamides is 1. The van der Waals surface area contributed by atoms with Crippen molar-refractivity contribution >= 4 is 36.8 Å². The minimum atomic E-state index is -5.27. The highest BCUT2D eigenvalue weighted by Crippen LogP contribution is 2.58. The zero-order valence-electron chi connectivity index (χ0n) is 54.0. The predicted octanol–water partition coefficient (Wildman–Crippen LogP) is 10.1. The van der Waals surface area contributed by atoms with Crippen molar-refractivity contribution in [3.05, 3.63) is 83.7 Å². The number of nitrogens with one attached hydrogen (secondary N) is 1. The summed E-state index contributed by atoms with van der Waals surface area (Å²) < 4.78 is 140. The van der Waals surface area contributed by atoms with Crippen LogP contribution >= 0.6 is 0 Å². The van der Waals surface area contributed by atoms with Gasteiger partial charge in [0.15, 0.2) is 0 Å². The van der Waals surface area contributed by atoms with Gasteiger partial charge in [0, 0.05) is 65.6 Å². The standard InChI is InChI=1S/C70H97N3O16S2/c1-5-72(6-2)57-9-12-62-65(39-57)89-66-40-58(73(7-3)8-4)10-13-63(66)68(62)64-14-11-61(42-67(64)91(76,77)78)90(74,75)71-49-56-37-59(85-27-23-81-19-15-79-17-21-83-25-29-87-69-43-50-31-51(44-69)33-52(32-50)45-69)41-60(38-56)86-28-24-82-20-16-80-18-22-84-26-30-88-70-46-53-34-54(47-70)36-55(35-53)48-70/h9-14,37-42,50-55,71H,5-8,15-36,43-49H2,1-4H3. The SMILES string of the molecule is CCN(CC)c1ccc2c(-c3ccc(S(=O)(=O)NCc4cc(OCCOCCOCCOCCOC56CC7CC(CC(C7)C5)C6)cc(OCCOCCOCCOCCOC56CC7CC(CC(C7)C5)C6)c4)cc3S(=O)(=O)[O-])c3ccc(=[N+](CC)CC)cc-3oc2c1. The van der Waals surface area contributed by atoms with Crippen molar-refractivity contribution in [1.29, 1.82) is 0 Å². The summed E-state index contributed by atoms with van der Waals surface area (Å²) in [5, 5.41) is 1.46. The number of hydrogen-bond donors (Lipinski definition) is 1. The smallest absolute Gasteiger partial charge is 0.240 e. The maximum atomic E-state index is 14.3. The van der Waals surface area contributed by atoms with Crippen LogP contribution in [0.25, 0.3) is 33.4 Å². The van der Waals surface area contributed by atoms with Gasteiger partial charge in [-0.05, 0) is 188 Å². The largest absolute Gasteiger partial charge is 0.744 e. The van der Waals surface area contributed by atoms with E-state index in [-0.39, 0.29) is 49.7 Å². The fourth-order valence-corrected chi connectivity index (χ4v) is 18.4. The van der Waals surface area contributed by atoms with Gasteiger partial charge in [0.1, 0.15) is 59.3 Å². The molecule has 9 aliphatic carbocycles. The molecule has 0 radical (unpaired) electrons. The highest BCUT2D eigenvalue weighted by molar-refractivity contribution is 7.89. The summed E-state index contributed by atoms with van der Waals surface area (Å²) in [5.74, 6) is 6.37. The number of fused-ring (bicyclic) bond motifs is 2. The molecule has 3 aromatic carbocycles. The molecule has 0 aromatic heterocycles. The van der Waals surface area contributed by atoms with Crippen LogP contribution in [0.2, 0.25) is 0 Å². The summed E-state index contributed by atoms with van der Waals surface area (Å²) in [6, 6.07) is 20.1. The van der Waals surface area contributed by atoms with E-state index >= 15 is 0 Å². The first kappa shape index (κ1) is 67.7. The minimum absolute atomic E-state index is 0.0476. The molecule has 8 bridgehead atoms. The quantitative estimate of drug-likeness (QED) is 0.0168. The zero-order valence-corrected chi connectivity index (χ0v) is 55.6. The van der Waals surface area contributed by atoms with Gasteiger partial charge in [0.2, 0.25) is 15.4 Å². The minimum Gasteiger partial charge on any atom is -0.744 e. The molecule has 8 fully saturated rings. The molecule has 0 spiro atoms. The molecule has 0 saturated heterocycles. The fraction of sp³-hybridized carbons (Fsp3) is 0.643. The van der Waals surface area contributed by atoms with Crippen molar-refractivity contribution in [2.75, 3.05) is 137 Å². The van der Waals surface area contributed by atoms with E-state index < -0.39 is 29.9 Å². The maximum absolute atomic E-state index is 14.3. The molecule has 8 saturated carbocycles. The molecular formula is C70H97N3O16S2. The van der Waals surface area contributed by atoms with Crippen molar-refractivity contribution in [3.63, 3.8) is 0 Å². The third-order valence-electron chi connectivity index (χ3n) is 19.9. The zero-order chi connectivity index (χ0) is 63.4. The second-order valence-electron chi connectivity index (χ2n) is 26.2. The first-order valence-corrected chi connectivity index (χ1v) is 36.6. The first-order chi connectivity index (χ1) is 44.1. The first-order valence-electron chi connectivity index (χ1n) is 33.7. The molecule has 91 heavy (non-hydrogen) atoms. The molecule has 0 unspecified atom stereocenters. The highest BCUT2D eigenvalue weighted by atomic mass is 32.2. The summed E-state index contributed by atoms with van der Waals surface area (Å²) in [6.07, 6.45) is 15.6. The average Bonchev–Trinajstić information content (AvgIpc) is 0.856. The number of benzene rings is 4. The van der Waals surface area contributed by atoms with Crippen LogP contribution < -0.4 is 29.0 Å². The summed E-state index contributed by atoms with van der Waals surface area (Å²) in [7, 11) is -9.72. The van der Waals surface area contributed by atoms with Gasteiger partial charge in [-0.1, -0.05) is 6.07 Å². The van der Waals surface area contributed by atoms with E-state index in [4.69, 9.17) is 51.8 Å². The Morgan fingerprint density at radius 3 is 1.43 bits per heavy atom. The Hall–Kier alpha value is -4.75. The molecule has 500 valence electrons. The number of ether oxygens (including phenoxy) is 10. The van der Waals surface area contributed by atoms with E-state index in [0.717, 1.165) is 78.8 Å². The Labute approximate surface area is 538 Å². The second-order valence-corrected chi connectivity index (χ2v) is 29.3. The molecule has 1 aliphatic heterocycles. The lowest BCUT2D eigenvalue weighted by molar-refractivity contribution is -0.169. The van der Waals surface area contributed by atoms with Gasteiger partial charge in [-0.2, -0.15) is 0 Å². The predicted molar refractivity (Wildman–Crippen MR) is 346 cm³/mol. The second kappa shape index (κ2) is 31.2. The summed E-state index contributed by atoms with van der Waals surface area (Å²) in [5.41, 5.74) is 3.05. The van der Waals surface area contributed by atoms with Crippen LogP contribution in [0.15, 0.2) is 87.0 Å². The van der Waals surface area contributed by atoms with E-state index in [1.165, 1.54) is 89.2 Å². The average molecular weight is 1300 g/mol. The lowest BCUT2D eigenvalue weighted by Crippen LogP contribution is -2.52. The monoisotopic (exact) mass is 1300 g/mol. The number of nitrogens with zero attached hydrogens (tertiary/aromatic N) is 2. The molecule has 21 heteroatoms. The highest BCUT2D eigenvalue weighted by Gasteiger charge is 2.53. The number of rotatable bonds is 39. The van der Waals surface area contributed by atoms with Gasteiger partial charge in [-0.15, -0.1) is 0 Å². The third-order valence-corrected chi connectivity index (χ3v) is 22.1. The van der Waals surface area contributed by atoms with Crippen molar-refractivity contribution < 1.29 is 73.2 Å². The number of anilines is 1. The van der Waals surface area contributed by atoms with Gasteiger partial charge >= 0.3 is 0 Å². The summed E-state index contributed by atoms with van der Waals surface area (Å²) in [6.45, 7) is 17.5. The Morgan fingerprint density at radius 1 is 0.527 bits per heavy atom. The van der Waals surface area contributed by atoms with Crippen molar-refractivity contribution in [3.8, 4) is 33.9 Å². The molecule has 19 nitrogen and oxygen atoms in total. The van der Waals surface area contributed by atoms with Crippen LogP contribution in [0.5, 0.6) is 11.5 Å². The van der Waals surface area contributed by atoms with Gasteiger partial charge in [0.05, 0.1) is 120 Å². The van der Waals surface area contributed by atoms with E-state index in [1.807, 2.05) is 36.4 Å². The molecule has 13 rings (SSSR count). The van der Waals surface area contributed by atoms with Gasteiger partial charge in [-0.3, -0.25) is 0 Å². The third kappa shape index (κ3) is 17.4.